The summed E-state index contributed by atoms with van der Waals surface area (Å²) in [6, 6.07) is 0.520. The lowest BCUT2D eigenvalue weighted by molar-refractivity contribution is 0.160. The Balaban J connectivity index is 0.00000280. The van der Waals surface area contributed by atoms with E-state index < -0.39 is 0 Å². The number of aliphatic imine (C=N–C) groups is 1. The van der Waals surface area contributed by atoms with Crippen molar-refractivity contribution in [3.05, 3.63) is 11.1 Å². The van der Waals surface area contributed by atoms with Crippen LogP contribution in [0.2, 0.25) is 0 Å². The Morgan fingerprint density at radius 3 is 2.54 bits per heavy atom. The predicted molar refractivity (Wildman–Crippen MR) is 131 cm³/mol. The molecule has 6 nitrogen and oxygen atoms in total. The smallest absolute Gasteiger partial charge is 0.191 e. The highest BCUT2D eigenvalue weighted by atomic mass is 127. The predicted octanol–water partition coefficient (Wildman–Crippen LogP) is 3.54. The highest BCUT2D eigenvalue weighted by molar-refractivity contribution is 14.0. The van der Waals surface area contributed by atoms with Crippen LogP contribution < -0.4 is 15.5 Å². The zero-order valence-corrected chi connectivity index (χ0v) is 20.8. The van der Waals surface area contributed by atoms with E-state index in [0.29, 0.717) is 12.6 Å². The van der Waals surface area contributed by atoms with Crippen LogP contribution in [0.5, 0.6) is 0 Å². The molecular formula is C20H37IN6S. The number of hydrogen-bond donors (Lipinski definition) is 2. The van der Waals surface area contributed by atoms with E-state index in [4.69, 9.17) is 0 Å². The Hall–Kier alpha value is -0.610. The van der Waals surface area contributed by atoms with Gasteiger partial charge in [-0.2, -0.15) is 0 Å². The van der Waals surface area contributed by atoms with Gasteiger partial charge in [0.2, 0.25) is 0 Å². The molecule has 2 N–H and O–H groups in total. The number of nitrogens with one attached hydrogen (secondary N) is 2. The molecule has 1 aromatic heterocycles. The van der Waals surface area contributed by atoms with Crippen molar-refractivity contribution in [3.8, 4) is 0 Å². The number of nitrogens with zero attached hydrogens (tertiary/aromatic N) is 4. The quantitative estimate of drug-likeness (QED) is 0.342. The second kappa shape index (κ2) is 12.2. The molecule has 0 spiro atoms. The standard InChI is InChI=1S/C20H36N6S.HI/c1-21-19(22-13-18-15-27-20(24-18)25(2)3)23-17-9-11-26(12-10-17)14-16-7-5-4-6-8-16;/h15-17H,4-14H2,1-3H3,(H2,21,22,23);1H. The number of guanidine groups is 1. The third-order valence-corrected chi connectivity index (χ3v) is 6.81. The van der Waals surface area contributed by atoms with E-state index in [0.717, 1.165) is 22.7 Å². The lowest BCUT2D eigenvalue weighted by Crippen LogP contribution is -2.49. The second-order valence-corrected chi connectivity index (χ2v) is 9.00. The molecule has 0 bridgehead atoms. The molecule has 1 aliphatic heterocycles. The molecule has 1 saturated carbocycles. The van der Waals surface area contributed by atoms with Crippen LogP contribution in [0.4, 0.5) is 5.13 Å². The summed E-state index contributed by atoms with van der Waals surface area (Å²) in [4.78, 5) is 13.7. The Morgan fingerprint density at radius 2 is 1.93 bits per heavy atom. The van der Waals surface area contributed by atoms with Crippen LogP contribution in [0.15, 0.2) is 10.4 Å². The van der Waals surface area contributed by atoms with E-state index in [-0.39, 0.29) is 24.0 Å². The lowest BCUT2D eigenvalue weighted by atomic mass is 9.88. The normalized spacial score (nSPS) is 19.9. The molecule has 3 rings (SSSR count). The van der Waals surface area contributed by atoms with Gasteiger partial charge in [-0.15, -0.1) is 35.3 Å². The molecule has 28 heavy (non-hydrogen) atoms. The third-order valence-electron chi connectivity index (χ3n) is 5.75. The molecule has 1 aromatic rings. The van der Waals surface area contributed by atoms with Gasteiger partial charge in [-0.1, -0.05) is 19.3 Å². The molecule has 0 unspecified atom stereocenters. The third kappa shape index (κ3) is 7.33. The Labute approximate surface area is 191 Å². The highest BCUT2D eigenvalue weighted by Gasteiger charge is 2.23. The first kappa shape index (κ1) is 23.7. The summed E-state index contributed by atoms with van der Waals surface area (Å²) in [6.07, 6.45) is 9.64. The molecule has 0 radical (unpaired) electrons. The van der Waals surface area contributed by atoms with E-state index >= 15 is 0 Å². The minimum atomic E-state index is 0. The molecule has 2 aliphatic rings. The summed E-state index contributed by atoms with van der Waals surface area (Å²) >= 11 is 1.68. The van der Waals surface area contributed by atoms with Crippen molar-refractivity contribution in [2.45, 2.75) is 57.5 Å². The summed E-state index contributed by atoms with van der Waals surface area (Å²) in [5, 5.41) is 10.2. The van der Waals surface area contributed by atoms with Crippen molar-refractivity contribution in [2.75, 3.05) is 45.7 Å². The van der Waals surface area contributed by atoms with E-state index in [2.05, 4.69) is 30.9 Å². The SMILES string of the molecule is CN=C(NCc1csc(N(C)C)n1)NC1CCN(CC2CCCCC2)CC1.I. The largest absolute Gasteiger partial charge is 0.354 e. The van der Waals surface area contributed by atoms with Crippen LogP contribution in [0.3, 0.4) is 0 Å². The van der Waals surface area contributed by atoms with Gasteiger partial charge in [-0.25, -0.2) is 4.98 Å². The molecule has 0 aromatic carbocycles. The first-order valence-electron chi connectivity index (χ1n) is 10.5. The van der Waals surface area contributed by atoms with Gasteiger partial charge in [0.25, 0.3) is 0 Å². The molecule has 160 valence electrons. The summed E-state index contributed by atoms with van der Waals surface area (Å²) in [6.45, 7) is 4.45. The summed E-state index contributed by atoms with van der Waals surface area (Å²) in [5.41, 5.74) is 1.06. The van der Waals surface area contributed by atoms with Crippen molar-refractivity contribution in [3.63, 3.8) is 0 Å². The summed E-state index contributed by atoms with van der Waals surface area (Å²) in [7, 11) is 5.90. The molecule has 1 aliphatic carbocycles. The van der Waals surface area contributed by atoms with Crippen LogP contribution >= 0.6 is 35.3 Å². The van der Waals surface area contributed by atoms with Gasteiger partial charge in [-0.05, 0) is 31.6 Å². The number of halogens is 1. The molecule has 2 heterocycles. The average molecular weight is 521 g/mol. The van der Waals surface area contributed by atoms with Crippen LogP contribution in [0, 0.1) is 5.92 Å². The number of anilines is 1. The second-order valence-electron chi connectivity index (χ2n) is 8.16. The maximum atomic E-state index is 4.62. The maximum absolute atomic E-state index is 4.62. The summed E-state index contributed by atoms with van der Waals surface area (Å²) in [5.74, 6) is 1.84. The van der Waals surface area contributed by atoms with Crippen LogP contribution in [0.1, 0.15) is 50.6 Å². The Kier molecular flexibility index (Phi) is 10.3. The first-order valence-corrected chi connectivity index (χ1v) is 11.3. The van der Waals surface area contributed by atoms with Gasteiger partial charge in [0.1, 0.15) is 0 Å². The number of hydrogen-bond acceptors (Lipinski definition) is 5. The average Bonchev–Trinajstić information content (AvgIpc) is 3.17. The van der Waals surface area contributed by atoms with Gasteiger partial charge < -0.3 is 20.4 Å². The lowest BCUT2D eigenvalue weighted by Gasteiger charge is -2.36. The zero-order valence-electron chi connectivity index (χ0n) is 17.6. The molecule has 8 heteroatoms. The monoisotopic (exact) mass is 520 g/mol. The molecule has 2 fully saturated rings. The van der Waals surface area contributed by atoms with Gasteiger partial charge in [-0.3, -0.25) is 4.99 Å². The van der Waals surface area contributed by atoms with Crippen LogP contribution in [-0.4, -0.2) is 62.7 Å². The van der Waals surface area contributed by atoms with E-state index in [1.165, 1.54) is 64.6 Å². The fraction of sp³-hybridized carbons (Fsp3) is 0.800. The Bertz CT molecular complexity index is 591. The van der Waals surface area contributed by atoms with Crippen molar-refractivity contribution in [1.82, 2.24) is 20.5 Å². The Morgan fingerprint density at radius 1 is 1.21 bits per heavy atom. The van der Waals surface area contributed by atoms with Gasteiger partial charge in [0.15, 0.2) is 11.1 Å². The van der Waals surface area contributed by atoms with Gasteiger partial charge in [0, 0.05) is 52.2 Å². The van der Waals surface area contributed by atoms with Crippen molar-refractivity contribution < 1.29 is 0 Å². The number of rotatable bonds is 6. The molecule has 1 saturated heterocycles. The van der Waals surface area contributed by atoms with Crippen molar-refractivity contribution >= 4 is 46.4 Å². The minimum absolute atomic E-state index is 0. The number of piperidine rings is 1. The molecule has 0 amide bonds. The van der Waals surface area contributed by atoms with E-state index in [1.54, 1.807) is 11.3 Å². The number of aromatic nitrogens is 1. The number of likely N-dealkylation sites (tertiary alicyclic amines) is 1. The fourth-order valence-electron chi connectivity index (χ4n) is 4.14. The fourth-order valence-corrected chi connectivity index (χ4v) is 4.90. The molecule has 0 atom stereocenters. The van der Waals surface area contributed by atoms with Crippen molar-refractivity contribution in [1.29, 1.82) is 0 Å². The zero-order chi connectivity index (χ0) is 19.1. The van der Waals surface area contributed by atoms with Crippen LogP contribution in [0.25, 0.3) is 0 Å². The topological polar surface area (TPSA) is 55.8 Å². The maximum Gasteiger partial charge on any atom is 0.191 e. The molecular weight excluding hydrogens is 483 g/mol. The highest BCUT2D eigenvalue weighted by Crippen LogP contribution is 2.25. The first-order chi connectivity index (χ1) is 13.1. The number of thiazole rings is 1. The minimum Gasteiger partial charge on any atom is -0.354 e. The summed E-state index contributed by atoms with van der Waals surface area (Å²) < 4.78 is 0. The van der Waals surface area contributed by atoms with Gasteiger partial charge >= 0.3 is 0 Å². The van der Waals surface area contributed by atoms with Gasteiger partial charge in [0.05, 0.1) is 12.2 Å². The van der Waals surface area contributed by atoms with E-state index in [9.17, 15) is 0 Å². The van der Waals surface area contributed by atoms with Crippen molar-refractivity contribution in [2.24, 2.45) is 10.9 Å². The van der Waals surface area contributed by atoms with Crippen LogP contribution in [-0.2, 0) is 6.54 Å². The van der Waals surface area contributed by atoms with E-state index in [1.807, 2.05) is 26.0 Å².